The maximum atomic E-state index is 13.5. The summed E-state index contributed by atoms with van der Waals surface area (Å²) in [6.45, 7) is 0.484. The lowest BCUT2D eigenvalue weighted by molar-refractivity contribution is -0.192. The Kier molecular flexibility index (Phi) is 10.9. The Balaban J connectivity index is 0.000000708. The zero-order chi connectivity index (χ0) is 30.3. The van der Waals surface area contributed by atoms with E-state index in [9.17, 15) is 36.3 Å². The molecule has 2 saturated heterocycles. The van der Waals surface area contributed by atoms with Crippen LogP contribution in [0.1, 0.15) is 31.2 Å². The summed E-state index contributed by atoms with van der Waals surface area (Å²) in [5, 5.41) is 27.8. The number of guanidine groups is 1. The van der Waals surface area contributed by atoms with Gasteiger partial charge in [0, 0.05) is 19.5 Å². The molecule has 1 aromatic rings. The zero-order valence-electron chi connectivity index (χ0n) is 21.6. The number of aliphatic hydroxyl groups is 1. The second-order valence-electron chi connectivity index (χ2n) is 9.56. The molecule has 0 spiro atoms. The molecule has 1 aromatic carbocycles. The number of nitrogens with one attached hydrogen (secondary N) is 3. The van der Waals surface area contributed by atoms with Crippen LogP contribution in [0.3, 0.4) is 0 Å². The zero-order valence-corrected chi connectivity index (χ0v) is 22.5. The Bertz CT molecular complexity index is 1190. The van der Waals surface area contributed by atoms with Crippen molar-refractivity contribution in [2.24, 2.45) is 5.73 Å². The van der Waals surface area contributed by atoms with Crippen LogP contribution in [-0.4, -0.2) is 102 Å². The van der Waals surface area contributed by atoms with Crippen molar-refractivity contribution in [3.05, 3.63) is 35.9 Å². The molecule has 224 valence electrons. The Labute approximate surface area is 229 Å². The second kappa shape index (κ2) is 13.3. The number of nitrogens with zero attached hydrogens (tertiary/aromatic N) is 2. The number of alkyl halides is 3. The third-order valence-electron chi connectivity index (χ3n) is 6.28. The minimum atomic E-state index is -5.08. The fourth-order valence-corrected chi connectivity index (χ4v) is 5.61. The Morgan fingerprint density at radius 1 is 1.20 bits per heavy atom. The van der Waals surface area contributed by atoms with Gasteiger partial charge in [-0.05, 0) is 31.2 Å². The molecule has 0 aromatic heterocycles. The fourth-order valence-electron chi connectivity index (χ4n) is 4.64. The summed E-state index contributed by atoms with van der Waals surface area (Å²) in [4.78, 5) is 37.8. The third kappa shape index (κ3) is 9.34. The van der Waals surface area contributed by atoms with Crippen molar-refractivity contribution in [1.29, 1.82) is 5.41 Å². The number of rotatable bonds is 7. The number of amides is 2. The van der Waals surface area contributed by atoms with E-state index in [0.717, 1.165) is 11.8 Å². The van der Waals surface area contributed by atoms with Gasteiger partial charge in [-0.15, -0.1) is 0 Å². The first-order valence-corrected chi connectivity index (χ1v) is 14.0. The minimum Gasteiger partial charge on any atom is -0.475 e. The van der Waals surface area contributed by atoms with Crippen molar-refractivity contribution < 1.29 is 46.2 Å². The van der Waals surface area contributed by atoms with Crippen molar-refractivity contribution in [2.45, 2.75) is 56.1 Å². The van der Waals surface area contributed by atoms with Crippen LogP contribution in [-0.2, 0) is 30.8 Å². The van der Waals surface area contributed by atoms with Gasteiger partial charge in [-0.1, -0.05) is 30.3 Å². The largest absolute Gasteiger partial charge is 0.490 e. The number of hydrogen-bond acceptors (Lipinski definition) is 7. The van der Waals surface area contributed by atoms with E-state index in [1.807, 2.05) is 30.3 Å². The molecule has 0 bridgehead atoms. The van der Waals surface area contributed by atoms with Gasteiger partial charge in [0.1, 0.15) is 11.8 Å². The van der Waals surface area contributed by atoms with Crippen LogP contribution < -0.4 is 15.8 Å². The first-order chi connectivity index (χ1) is 18.4. The highest BCUT2D eigenvalue weighted by Crippen LogP contribution is 2.28. The van der Waals surface area contributed by atoms with Crippen molar-refractivity contribution in [2.75, 3.05) is 25.9 Å². The van der Waals surface area contributed by atoms with Crippen molar-refractivity contribution in [3.8, 4) is 0 Å². The lowest BCUT2D eigenvalue weighted by Crippen LogP contribution is -2.65. The maximum Gasteiger partial charge on any atom is 0.490 e. The average Bonchev–Trinajstić information content (AvgIpc) is 2.82. The topological polar surface area (TPSA) is 206 Å². The molecule has 2 fully saturated rings. The molecule has 0 aliphatic carbocycles. The van der Waals surface area contributed by atoms with Crippen molar-refractivity contribution >= 4 is 33.8 Å². The summed E-state index contributed by atoms with van der Waals surface area (Å²) in [7, 11) is -3.70. The molecule has 3 rings (SSSR count). The number of likely N-dealkylation sites (tertiary alicyclic amines) is 2. The quantitative estimate of drug-likeness (QED) is 0.179. The number of nitrogens with two attached hydrogens (primary N) is 1. The number of hydrogen-bond donors (Lipinski definition) is 6. The standard InChI is InChI=1S/C21H32N6O5S.C2HF3O2/c1-33(31,32)25-21(13-15-7-3-2-4-8-15)10-6-11-26(19(21)30)14-17(28)24-16-9-5-12-27(18(16)29)20(22)23;3-2(4,5)1(6)7/h2-4,7-8,16,18,25,29H,5-6,9-14H2,1H3,(H3,22,23)(H,24,28);(H,6,7)/t16-,18?,21?;/m0./s1. The first-order valence-electron chi connectivity index (χ1n) is 12.2. The summed E-state index contributed by atoms with van der Waals surface area (Å²) in [5.41, 5.74) is 4.93. The summed E-state index contributed by atoms with van der Waals surface area (Å²) >= 11 is 0. The van der Waals surface area contributed by atoms with Gasteiger partial charge in [0.25, 0.3) is 0 Å². The lowest BCUT2D eigenvalue weighted by Gasteiger charge is -2.42. The van der Waals surface area contributed by atoms with Gasteiger partial charge < -0.3 is 31.1 Å². The van der Waals surface area contributed by atoms with Gasteiger partial charge in [-0.2, -0.15) is 17.9 Å². The number of carboxylic acid groups (broad SMARTS) is 1. The van der Waals surface area contributed by atoms with Crippen molar-refractivity contribution in [1.82, 2.24) is 19.8 Å². The van der Waals surface area contributed by atoms with E-state index in [-0.39, 0.29) is 18.9 Å². The van der Waals surface area contributed by atoms with Gasteiger partial charge in [-0.25, -0.2) is 13.2 Å². The number of carboxylic acids is 1. The molecular formula is C23H33F3N6O7S. The number of benzene rings is 1. The molecule has 2 heterocycles. The Morgan fingerprint density at radius 2 is 1.80 bits per heavy atom. The highest BCUT2D eigenvalue weighted by Gasteiger charge is 2.46. The van der Waals surface area contributed by atoms with Crippen LogP contribution in [0.25, 0.3) is 0 Å². The normalized spacial score (nSPS) is 23.6. The summed E-state index contributed by atoms with van der Waals surface area (Å²) < 4.78 is 58.5. The molecular weight excluding hydrogens is 561 g/mol. The van der Waals surface area contributed by atoms with E-state index in [1.165, 1.54) is 9.80 Å². The molecule has 17 heteroatoms. The molecule has 2 aliphatic rings. The number of aliphatic hydroxyl groups excluding tert-OH is 1. The molecule has 2 unspecified atom stereocenters. The summed E-state index contributed by atoms with van der Waals surface area (Å²) in [6, 6.07) is 8.51. The van der Waals surface area contributed by atoms with Gasteiger partial charge in [0.15, 0.2) is 5.96 Å². The SMILES string of the molecule is CS(=O)(=O)NC1(Cc2ccccc2)CCCN(CC(=O)N[C@H]2CCCN(C(=N)N)C2O)C1=O.O=C(O)C(F)(F)F. The Morgan fingerprint density at radius 3 is 2.33 bits per heavy atom. The Hall–Kier alpha value is -3.44. The monoisotopic (exact) mass is 594 g/mol. The predicted octanol–water partition coefficient (Wildman–Crippen LogP) is -0.435. The minimum absolute atomic E-state index is 0.173. The fraction of sp³-hybridized carbons (Fsp3) is 0.565. The molecule has 0 radical (unpaired) electrons. The van der Waals surface area contributed by atoms with E-state index < -0.39 is 51.8 Å². The molecule has 2 amide bonds. The van der Waals surface area contributed by atoms with Crippen molar-refractivity contribution in [3.63, 3.8) is 0 Å². The average molecular weight is 595 g/mol. The number of piperidine rings is 2. The lowest BCUT2D eigenvalue weighted by atomic mass is 9.83. The second-order valence-corrected chi connectivity index (χ2v) is 11.3. The smallest absolute Gasteiger partial charge is 0.475 e. The number of sulfonamides is 1. The molecule has 0 saturated carbocycles. The van der Waals surface area contributed by atoms with Crippen LogP contribution in [0.4, 0.5) is 13.2 Å². The van der Waals surface area contributed by atoms with E-state index >= 15 is 0 Å². The molecule has 13 nitrogen and oxygen atoms in total. The molecule has 7 N–H and O–H groups in total. The molecule has 40 heavy (non-hydrogen) atoms. The van der Waals surface area contributed by atoms with Crippen LogP contribution in [0.15, 0.2) is 30.3 Å². The van der Waals surface area contributed by atoms with Crippen LogP contribution in [0.2, 0.25) is 0 Å². The summed E-state index contributed by atoms with van der Waals surface area (Å²) in [5.74, 6) is -3.95. The number of aliphatic carboxylic acids is 1. The van der Waals surface area contributed by atoms with Gasteiger partial charge in [0.2, 0.25) is 21.8 Å². The van der Waals surface area contributed by atoms with Crippen LogP contribution in [0, 0.1) is 5.41 Å². The number of carbonyl (C=O) groups excluding carboxylic acids is 2. The maximum absolute atomic E-state index is 13.5. The molecule has 2 aliphatic heterocycles. The number of halogens is 3. The highest BCUT2D eigenvalue weighted by molar-refractivity contribution is 7.88. The van der Waals surface area contributed by atoms with Gasteiger partial charge in [0.05, 0.1) is 18.8 Å². The summed E-state index contributed by atoms with van der Waals surface area (Å²) in [6.07, 6.45) is -3.02. The van der Waals surface area contributed by atoms with Gasteiger partial charge in [-0.3, -0.25) is 15.0 Å². The van der Waals surface area contributed by atoms with Gasteiger partial charge >= 0.3 is 12.1 Å². The van der Waals surface area contributed by atoms with Crippen LogP contribution >= 0.6 is 0 Å². The molecule has 3 atom stereocenters. The van der Waals surface area contributed by atoms with E-state index in [0.29, 0.717) is 38.8 Å². The van der Waals surface area contributed by atoms with E-state index in [4.69, 9.17) is 21.0 Å². The first kappa shape index (κ1) is 32.8. The predicted molar refractivity (Wildman–Crippen MR) is 136 cm³/mol. The van der Waals surface area contributed by atoms with Crippen LogP contribution in [0.5, 0.6) is 0 Å². The third-order valence-corrected chi connectivity index (χ3v) is 7.05. The van der Waals surface area contributed by atoms with E-state index in [2.05, 4.69) is 10.0 Å². The van der Waals surface area contributed by atoms with E-state index in [1.54, 1.807) is 0 Å². The number of carbonyl (C=O) groups is 3. The highest BCUT2D eigenvalue weighted by atomic mass is 32.2.